The molecule has 0 radical (unpaired) electrons. The molecule has 0 amide bonds. The quantitative estimate of drug-likeness (QED) is 0.394. The minimum atomic E-state index is -0.438. The monoisotopic (exact) mass is 487 g/mol. The summed E-state index contributed by atoms with van der Waals surface area (Å²) >= 11 is 0. The molecule has 0 bridgehead atoms. The Morgan fingerprint density at radius 1 is 0.971 bits per heavy atom. The molecule has 1 aliphatic heterocycles. The van der Waals surface area contributed by atoms with Crippen LogP contribution in [0, 0.1) is 10.1 Å². The predicted octanol–water partition coefficient (Wildman–Crippen LogP) is 3.45. The van der Waals surface area contributed by atoms with Crippen molar-refractivity contribution in [1.82, 2.24) is 14.0 Å². The summed E-state index contributed by atoms with van der Waals surface area (Å²) in [4.78, 5) is 40.6. The molecule has 1 fully saturated rings. The van der Waals surface area contributed by atoms with Crippen LogP contribution in [0.25, 0.3) is 0 Å². The SMILES string of the molecule is CC(C)n1c(N2CCN(CCC(C)(C)Oc3ccc([N+](=O)[O-])cc3)CC2)cc(=O)n(C(C)C)c1=O. The first kappa shape index (κ1) is 26.5. The summed E-state index contributed by atoms with van der Waals surface area (Å²) in [6.07, 6.45) is 0.783. The Kier molecular flexibility index (Phi) is 8.04. The van der Waals surface area contributed by atoms with Gasteiger partial charge >= 0.3 is 5.69 Å². The summed E-state index contributed by atoms with van der Waals surface area (Å²) in [7, 11) is 0. The van der Waals surface area contributed by atoms with Crippen LogP contribution in [-0.2, 0) is 0 Å². The number of ether oxygens (including phenoxy) is 1. The molecule has 0 N–H and O–H groups in total. The second-order valence-electron chi connectivity index (χ2n) is 10.2. The Bertz CT molecular complexity index is 1140. The maximum Gasteiger partial charge on any atom is 0.333 e. The topological polar surface area (TPSA) is 103 Å². The number of hydrogen-bond acceptors (Lipinski definition) is 7. The maximum absolute atomic E-state index is 13.1. The largest absolute Gasteiger partial charge is 0.488 e. The maximum atomic E-state index is 13.1. The summed E-state index contributed by atoms with van der Waals surface area (Å²) in [5, 5.41) is 10.8. The molecule has 1 aromatic heterocycles. The van der Waals surface area contributed by atoms with E-state index in [-0.39, 0.29) is 29.0 Å². The van der Waals surface area contributed by atoms with Gasteiger partial charge in [-0.25, -0.2) is 4.79 Å². The third-order valence-corrected chi connectivity index (χ3v) is 6.35. The Balaban J connectivity index is 1.61. The molecule has 0 saturated carbocycles. The van der Waals surface area contributed by atoms with Gasteiger partial charge < -0.3 is 9.64 Å². The number of hydrogen-bond donors (Lipinski definition) is 0. The van der Waals surface area contributed by atoms with E-state index in [1.54, 1.807) is 22.8 Å². The van der Waals surface area contributed by atoms with Crippen LogP contribution in [-0.4, -0.2) is 57.3 Å². The van der Waals surface area contributed by atoms with E-state index in [9.17, 15) is 19.7 Å². The second kappa shape index (κ2) is 10.6. The van der Waals surface area contributed by atoms with E-state index in [1.807, 2.05) is 41.5 Å². The average molecular weight is 488 g/mol. The van der Waals surface area contributed by atoms with E-state index in [0.717, 1.165) is 39.1 Å². The van der Waals surface area contributed by atoms with Crippen LogP contribution >= 0.6 is 0 Å². The summed E-state index contributed by atoms with van der Waals surface area (Å²) in [6, 6.07) is 7.49. The fourth-order valence-electron chi connectivity index (χ4n) is 4.40. The number of nitro benzene ring substituents is 1. The molecule has 0 spiro atoms. The molecule has 0 unspecified atom stereocenters. The zero-order valence-corrected chi connectivity index (χ0v) is 21.6. The first-order chi connectivity index (χ1) is 16.4. The van der Waals surface area contributed by atoms with Gasteiger partial charge in [0.2, 0.25) is 0 Å². The highest BCUT2D eigenvalue weighted by Gasteiger charge is 2.26. The molecule has 0 aliphatic carbocycles. The lowest BCUT2D eigenvalue weighted by Crippen LogP contribution is -2.51. The molecule has 3 rings (SSSR count). The van der Waals surface area contributed by atoms with Gasteiger partial charge in [0.15, 0.2) is 0 Å². The number of anilines is 1. The van der Waals surface area contributed by atoms with Gasteiger partial charge in [0.1, 0.15) is 17.2 Å². The number of piperazine rings is 1. The van der Waals surface area contributed by atoms with Gasteiger partial charge in [-0.3, -0.25) is 28.9 Å². The molecule has 192 valence electrons. The van der Waals surface area contributed by atoms with Crippen LogP contribution in [0.15, 0.2) is 39.9 Å². The molecule has 1 aromatic carbocycles. The summed E-state index contributed by atoms with van der Waals surface area (Å²) in [5.41, 5.74) is -0.917. The first-order valence-corrected chi connectivity index (χ1v) is 12.2. The van der Waals surface area contributed by atoms with E-state index in [0.29, 0.717) is 11.6 Å². The molecule has 10 nitrogen and oxygen atoms in total. The van der Waals surface area contributed by atoms with E-state index < -0.39 is 10.5 Å². The van der Waals surface area contributed by atoms with Crippen LogP contribution in [0.1, 0.15) is 60.0 Å². The molecule has 2 heterocycles. The van der Waals surface area contributed by atoms with Gasteiger partial charge in [-0.05, 0) is 60.1 Å². The zero-order chi connectivity index (χ0) is 25.9. The minimum Gasteiger partial charge on any atom is -0.488 e. The lowest BCUT2D eigenvalue weighted by molar-refractivity contribution is -0.384. The number of nitrogens with zero attached hydrogens (tertiary/aromatic N) is 5. The smallest absolute Gasteiger partial charge is 0.333 e. The van der Waals surface area contributed by atoms with Gasteiger partial charge in [-0.1, -0.05) is 0 Å². The second-order valence-corrected chi connectivity index (χ2v) is 10.2. The standard InChI is InChI=1S/C25H37N5O5/c1-18(2)28-22(17-23(31)29(19(3)4)24(28)32)27-15-13-26(14-16-27)12-11-25(5,6)35-21-9-7-20(8-10-21)30(33)34/h7-10,17-19H,11-16H2,1-6H3. The van der Waals surface area contributed by atoms with E-state index in [4.69, 9.17) is 4.74 Å². The molecular weight excluding hydrogens is 450 g/mol. The summed E-state index contributed by atoms with van der Waals surface area (Å²) in [6.45, 7) is 15.5. The highest BCUT2D eigenvalue weighted by molar-refractivity contribution is 5.40. The predicted molar refractivity (Wildman–Crippen MR) is 137 cm³/mol. The number of non-ortho nitro benzene ring substituents is 1. The van der Waals surface area contributed by atoms with Crippen molar-refractivity contribution < 1.29 is 9.66 Å². The van der Waals surface area contributed by atoms with E-state index in [2.05, 4.69) is 9.80 Å². The fourth-order valence-corrected chi connectivity index (χ4v) is 4.40. The Labute approximate surface area is 205 Å². The van der Waals surface area contributed by atoms with Crippen molar-refractivity contribution in [3.63, 3.8) is 0 Å². The van der Waals surface area contributed by atoms with Crippen molar-refractivity contribution in [2.24, 2.45) is 0 Å². The van der Waals surface area contributed by atoms with Crippen molar-refractivity contribution in [1.29, 1.82) is 0 Å². The summed E-state index contributed by atoms with van der Waals surface area (Å²) < 4.78 is 9.11. The molecule has 0 atom stereocenters. The number of aromatic nitrogens is 2. The van der Waals surface area contributed by atoms with Gasteiger partial charge in [0, 0.05) is 63.0 Å². The van der Waals surface area contributed by atoms with E-state index in [1.165, 1.54) is 16.7 Å². The molecule has 1 aliphatic rings. The van der Waals surface area contributed by atoms with Crippen molar-refractivity contribution in [2.45, 2.75) is 65.6 Å². The van der Waals surface area contributed by atoms with Crippen LogP contribution in [0.5, 0.6) is 5.75 Å². The highest BCUT2D eigenvalue weighted by Crippen LogP contribution is 2.24. The summed E-state index contributed by atoms with van der Waals surface area (Å²) in [5.74, 6) is 1.29. The normalized spacial score (nSPS) is 15.1. The lowest BCUT2D eigenvalue weighted by Gasteiger charge is -2.38. The lowest BCUT2D eigenvalue weighted by atomic mass is 10.0. The van der Waals surface area contributed by atoms with Gasteiger partial charge in [-0.15, -0.1) is 0 Å². The van der Waals surface area contributed by atoms with Crippen molar-refractivity contribution in [2.75, 3.05) is 37.6 Å². The van der Waals surface area contributed by atoms with Crippen molar-refractivity contribution in [3.05, 3.63) is 61.3 Å². The van der Waals surface area contributed by atoms with Crippen LogP contribution in [0.4, 0.5) is 11.5 Å². The number of rotatable bonds is 9. The zero-order valence-electron chi connectivity index (χ0n) is 21.6. The van der Waals surface area contributed by atoms with Gasteiger partial charge in [0.25, 0.3) is 11.2 Å². The number of benzene rings is 1. The molecule has 10 heteroatoms. The Morgan fingerprint density at radius 2 is 1.54 bits per heavy atom. The third-order valence-electron chi connectivity index (χ3n) is 6.35. The Hall–Kier alpha value is -3.14. The van der Waals surface area contributed by atoms with E-state index >= 15 is 0 Å². The van der Waals surface area contributed by atoms with Gasteiger partial charge in [-0.2, -0.15) is 0 Å². The highest BCUT2D eigenvalue weighted by atomic mass is 16.6. The van der Waals surface area contributed by atoms with Crippen LogP contribution in [0.2, 0.25) is 0 Å². The van der Waals surface area contributed by atoms with Gasteiger partial charge in [0.05, 0.1) is 4.92 Å². The molecular formula is C25H37N5O5. The fraction of sp³-hybridized carbons (Fsp3) is 0.600. The molecule has 2 aromatic rings. The molecule has 1 saturated heterocycles. The molecule has 35 heavy (non-hydrogen) atoms. The minimum absolute atomic E-state index is 0.0393. The first-order valence-electron chi connectivity index (χ1n) is 12.2. The average Bonchev–Trinajstić information content (AvgIpc) is 2.77. The Morgan fingerprint density at radius 3 is 2.06 bits per heavy atom. The van der Waals surface area contributed by atoms with Crippen molar-refractivity contribution >= 4 is 11.5 Å². The van der Waals surface area contributed by atoms with Crippen LogP contribution < -0.4 is 20.9 Å². The van der Waals surface area contributed by atoms with Crippen molar-refractivity contribution in [3.8, 4) is 5.75 Å². The van der Waals surface area contributed by atoms with Crippen LogP contribution in [0.3, 0.4) is 0 Å². The number of nitro groups is 1. The third kappa shape index (κ3) is 6.30.